The van der Waals surface area contributed by atoms with Crippen LogP contribution in [0.3, 0.4) is 0 Å². The molecule has 0 aromatic carbocycles. The lowest BCUT2D eigenvalue weighted by Crippen LogP contribution is -2.53. The maximum atomic E-state index is 5.99. The van der Waals surface area contributed by atoms with E-state index in [1.165, 1.54) is 25.8 Å². The predicted octanol–water partition coefficient (Wildman–Crippen LogP) is 2.11. The second kappa shape index (κ2) is 7.34. The topological polar surface area (TPSA) is 38.5 Å². The highest BCUT2D eigenvalue weighted by molar-refractivity contribution is 4.86. The third kappa shape index (κ3) is 3.67. The minimum Gasteiger partial charge on any atom is -0.380 e. The lowest BCUT2D eigenvalue weighted by atomic mass is 9.88. The molecule has 1 saturated heterocycles. The highest BCUT2D eigenvalue weighted by atomic mass is 16.5. The number of methoxy groups -OCH3 is 1. The van der Waals surface area contributed by atoms with Gasteiger partial charge in [0, 0.05) is 26.2 Å². The number of rotatable bonds is 6. The monoisotopic (exact) mass is 242 g/mol. The highest BCUT2D eigenvalue weighted by Crippen LogP contribution is 2.25. The second-order valence-corrected chi connectivity index (χ2v) is 5.41. The summed E-state index contributed by atoms with van der Waals surface area (Å²) in [4.78, 5) is 2.56. The van der Waals surface area contributed by atoms with Gasteiger partial charge in [-0.2, -0.15) is 0 Å². The molecule has 0 spiro atoms. The van der Waals surface area contributed by atoms with Crippen LogP contribution in [0.4, 0.5) is 0 Å². The molecule has 3 unspecified atom stereocenters. The Kier molecular flexibility index (Phi) is 6.45. The van der Waals surface area contributed by atoms with Crippen LogP contribution in [0, 0.1) is 11.8 Å². The van der Waals surface area contributed by atoms with E-state index in [0.717, 1.165) is 19.0 Å². The first-order valence-corrected chi connectivity index (χ1v) is 7.14. The summed E-state index contributed by atoms with van der Waals surface area (Å²) in [5.41, 5.74) is 5.99. The van der Waals surface area contributed by atoms with Gasteiger partial charge in [-0.3, -0.25) is 4.90 Å². The standard InChI is InChI=1S/C14H30N2O/c1-5-12(6-2)13(9-15)16-8-7-11(3)14(10-16)17-4/h11-14H,5-10,15H2,1-4H3. The average molecular weight is 242 g/mol. The van der Waals surface area contributed by atoms with Crippen molar-refractivity contribution >= 4 is 0 Å². The molecule has 0 aliphatic carbocycles. The van der Waals surface area contributed by atoms with Crippen LogP contribution < -0.4 is 5.73 Å². The van der Waals surface area contributed by atoms with Gasteiger partial charge in [0.1, 0.15) is 0 Å². The summed E-state index contributed by atoms with van der Waals surface area (Å²) in [6, 6.07) is 0.537. The summed E-state index contributed by atoms with van der Waals surface area (Å²) in [5.74, 6) is 1.40. The molecule has 1 fully saturated rings. The van der Waals surface area contributed by atoms with Crippen LogP contribution in [-0.4, -0.2) is 43.8 Å². The first-order chi connectivity index (χ1) is 8.17. The van der Waals surface area contributed by atoms with E-state index in [0.29, 0.717) is 18.1 Å². The van der Waals surface area contributed by atoms with Crippen LogP contribution in [0.5, 0.6) is 0 Å². The minimum atomic E-state index is 0.382. The highest BCUT2D eigenvalue weighted by Gasteiger charge is 2.32. The largest absolute Gasteiger partial charge is 0.380 e. The van der Waals surface area contributed by atoms with Gasteiger partial charge in [0.05, 0.1) is 6.10 Å². The van der Waals surface area contributed by atoms with E-state index >= 15 is 0 Å². The van der Waals surface area contributed by atoms with Crippen molar-refractivity contribution in [2.45, 2.75) is 52.2 Å². The zero-order chi connectivity index (χ0) is 12.8. The van der Waals surface area contributed by atoms with Crippen LogP contribution in [0.2, 0.25) is 0 Å². The molecule has 3 atom stereocenters. The van der Waals surface area contributed by atoms with Crippen molar-refractivity contribution in [1.29, 1.82) is 0 Å². The Morgan fingerprint density at radius 3 is 2.47 bits per heavy atom. The summed E-state index contributed by atoms with van der Waals surface area (Å²) in [7, 11) is 1.83. The summed E-state index contributed by atoms with van der Waals surface area (Å²) in [5, 5.41) is 0. The number of nitrogens with zero attached hydrogens (tertiary/aromatic N) is 1. The molecule has 0 bridgehead atoms. The van der Waals surface area contributed by atoms with E-state index in [9.17, 15) is 0 Å². The van der Waals surface area contributed by atoms with E-state index in [-0.39, 0.29) is 0 Å². The Labute approximate surface area is 107 Å². The van der Waals surface area contributed by atoms with Gasteiger partial charge in [-0.05, 0) is 24.8 Å². The third-order valence-corrected chi connectivity index (χ3v) is 4.53. The quantitative estimate of drug-likeness (QED) is 0.775. The van der Waals surface area contributed by atoms with Crippen molar-refractivity contribution in [3.8, 4) is 0 Å². The molecule has 0 saturated carbocycles. The third-order valence-electron chi connectivity index (χ3n) is 4.53. The Morgan fingerprint density at radius 1 is 1.35 bits per heavy atom. The number of ether oxygens (including phenoxy) is 1. The molecule has 0 radical (unpaired) electrons. The fourth-order valence-electron chi connectivity index (χ4n) is 3.14. The van der Waals surface area contributed by atoms with E-state index in [1.807, 2.05) is 7.11 Å². The van der Waals surface area contributed by atoms with Crippen molar-refractivity contribution in [3.63, 3.8) is 0 Å². The molecule has 0 amide bonds. The van der Waals surface area contributed by atoms with Crippen LogP contribution in [0.1, 0.15) is 40.0 Å². The summed E-state index contributed by atoms with van der Waals surface area (Å²) >= 11 is 0. The maximum absolute atomic E-state index is 5.99. The van der Waals surface area contributed by atoms with Crippen LogP contribution in [0.15, 0.2) is 0 Å². The van der Waals surface area contributed by atoms with Gasteiger partial charge >= 0.3 is 0 Å². The minimum absolute atomic E-state index is 0.382. The number of nitrogens with two attached hydrogens (primary N) is 1. The molecule has 102 valence electrons. The maximum Gasteiger partial charge on any atom is 0.0724 e. The second-order valence-electron chi connectivity index (χ2n) is 5.41. The summed E-state index contributed by atoms with van der Waals surface area (Å²) in [6.07, 6.45) is 4.06. The van der Waals surface area contributed by atoms with Gasteiger partial charge in [0.15, 0.2) is 0 Å². The van der Waals surface area contributed by atoms with Crippen molar-refractivity contribution in [3.05, 3.63) is 0 Å². The van der Waals surface area contributed by atoms with Gasteiger partial charge in [-0.15, -0.1) is 0 Å². The first kappa shape index (κ1) is 14.9. The van der Waals surface area contributed by atoms with Gasteiger partial charge in [0.2, 0.25) is 0 Å². The number of piperidine rings is 1. The molecule has 3 heteroatoms. The van der Waals surface area contributed by atoms with Crippen molar-refractivity contribution < 1.29 is 4.74 Å². The smallest absolute Gasteiger partial charge is 0.0724 e. The number of hydrogen-bond donors (Lipinski definition) is 1. The van der Waals surface area contributed by atoms with E-state index in [1.54, 1.807) is 0 Å². The Bertz CT molecular complexity index is 206. The molecule has 1 aliphatic heterocycles. The summed E-state index contributed by atoms with van der Waals surface area (Å²) in [6.45, 7) is 9.85. The fraction of sp³-hybridized carbons (Fsp3) is 1.00. The van der Waals surface area contributed by atoms with Gasteiger partial charge in [-0.1, -0.05) is 33.6 Å². The average Bonchev–Trinajstić information content (AvgIpc) is 2.36. The lowest BCUT2D eigenvalue weighted by Gasteiger charge is -2.43. The van der Waals surface area contributed by atoms with Crippen molar-refractivity contribution in [1.82, 2.24) is 4.90 Å². The predicted molar refractivity (Wildman–Crippen MR) is 73.1 cm³/mol. The van der Waals surface area contributed by atoms with Crippen LogP contribution >= 0.6 is 0 Å². The van der Waals surface area contributed by atoms with Gasteiger partial charge < -0.3 is 10.5 Å². The lowest BCUT2D eigenvalue weighted by molar-refractivity contribution is -0.0272. The Balaban J connectivity index is 2.63. The molecule has 17 heavy (non-hydrogen) atoms. The molecular formula is C14H30N2O. The Hall–Kier alpha value is -0.120. The SMILES string of the molecule is CCC(CC)C(CN)N1CCC(C)C(OC)C1. The van der Waals surface area contributed by atoms with E-state index in [4.69, 9.17) is 10.5 Å². The summed E-state index contributed by atoms with van der Waals surface area (Å²) < 4.78 is 5.59. The first-order valence-electron chi connectivity index (χ1n) is 7.14. The zero-order valence-electron chi connectivity index (χ0n) is 12.0. The van der Waals surface area contributed by atoms with Gasteiger partial charge in [0.25, 0.3) is 0 Å². The van der Waals surface area contributed by atoms with Crippen LogP contribution in [0.25, 0.3) is 0 Å². The molecule has 0 aromatic heterocycles. The van der Waals surface area contributed by atoms with E-state index in [2.05, 4.69) is 25.7 Å². The molecule has 2 N–H and O–H groups in total. The molecule has 0 aromatic rings. The van der Waals surface area contributed by atoms with Crippen molar-refractivity contribution in [2.75, 3.05) is 26.7 Å². The number of hydrogen-bond acceptors (Lipinski definition) is 3. The molecular weight excluding hydrogens is 212 g/mol. The normalized spacial score (nSPS) is 28.6. The fourth-order valence-corrected chi connectivity index (χ4v) is 3.14. The molecule has 1 aliphatic rings. The number of likely N-dealkylation sites (tertiary alicyclic amines) is 1. The van der Waals surface area contributed by atoms with Crippen molar-refractivity contribution in [2.24, 2.45) is 17.6 Å². The molecule has 1 rings (SSSR count). The molecule has 1 heterocycles. The zero-order valence-corrected chi connectivity index (χ0v) is 12.0. The Morgan fingerprint density at radius 2 is 2.00 bits per heavy atom. The molecule has 3 nitrogen and oxygen atoms in total. The van der Waals surface area contributed by atoms with Gasteiger partial charge in [-0.25, -0.2) is 0 Å². The van der Waals surface area contributed by atoms with E-state index < -0.39 is 0 Å². The van der Waals surface area contributed by atoms with Crippen LogP contribution in [-0.2, 0) is 4.74 Å².